The number of carbonyl (C=O) groups is 4. The molecule has 0 bridgehead atoms. The van der Waals surface area contributed by atoms with Gasteiger partial charge in [0, 0.05) is 12.1 Å². The molecule has 0 atom stereocenters. The van der Waals surface area contributed by atoms with E-state index in [0.717, 1.165) is 38.2 Å². The predicted molar refractivity (Wildman–Crippen MR) is 101 cm³/mol. The van der Waals surface area contributed by atoms with E-state index in [1.165, 1.54) is 13.2 Å². The molecular formula is C20H24N2O6. The standard InChI is InChI=1S/C20H24N2O6/c1-27-19(25)15-10-7-14(8-11-15)9-12-18(24)28-13-17(23)22-20(26)21-16-5-3-2-4-6-16/h7-12,16H,2-6,13H2,1H3,(H2,21,22,23,26)/b12-9+. The molecule has 0 aliphatic heterocycles. The maximum Gasteiger partial charge on any atom is 0.337 e. The number of benzene rings is 1. The summed E-state index contributed by atoms with van der Waals surface area (Å²) < 4.78 is 9.41. The van der Waals surface area contributed by atoms with Gasteiger partial charge in [0.25, 0.3) is 5.91 Å². The first-order valence-electron chi connectivity index (χ1n) is 9.11. The number of methoxy groups -OCH3 is 1. The van der Waals surface area contributed by atoms with E-state index in [-0.39, 0.29) is 6.04 Å². The molecule has 1 aliphatic rings. The molecule has 0 heterocycles. The largest absolute Gasteiger partial charge is 0.465 e. The molecule has 3 amide bonds. The summed E-state index contributed by atoms with van der Waals surface area (Å²) >= 11 is 0. The van der Waals surface area contributed by atoms with Crippen LogP contribution in [0.2, 0.25) is 0 Å². The first kappa shape index (κ1) is 21.1. The Balaban J connectivity index is 1.70. The van der Waals surface area contributed by atoms with E-state index in [0.29, 0.717) is 11.1 Å². The minimum atomic E-state index is -0.722. The molecule has 1 aromatic carbocycles. The molecule has 150 valence electrons. The van der Waals surface area contributed by atoms with Crippen LogP contribution in [0.25, 0.3) is 6.08 Å². The molecule has 1 fully saturated rings. The first-order valence-corrected chi connectivity index (χ1v) is 9.11. The lowest BCUT2D eigenvalue weighted by molar-refractivity contribution is -0.143. The topological polar surface area (TPSA) is 111 Å². The Morgan fingerprint density at radius 1 is 1.07 bits per heavy atom. The van der Waals surface area contributed by atoms with Gasteiger partial charge in [-0.15, -0.1) is 0 Å². The third-order valence-corrected chi connectivity index (χ3v) is 4.28. The Labute approximate surface area is 163 Å². The highest BCUT2D eigenvalue weighted by Crippen LogP contribution is 2.17. The lowest BCUT2D eigenvalue weighted by atomic mass is 9.96. The smallest absolute Gasteiger partial charge is 0.337 e. The van der Waals surface area contributed by atoms with Gasteiger partial charge in [-0.1, -0.05) is 31.4 Å². The third-order valence-electron chi connectivity index (χ3n) is 4.28. The number of esters is 2. The highest BCUT2D eigenvalue weighted by Gasteiger charge is 2.17. The maximum absolute atomic E-state index is 11.7. The number of nitrogens with one attached hydrogen (secondary N) is 2. The van der Waals surface area contributed by atoms with Crippen LogP contribution in [-0.4, -0.2) is 43.6 Å². The van der Waals surface area contributed by atoms with Crippen LogP contribution in [0.5, 0.6) is 0 Å². The van der Waals surface area contributed by atoms with E-state index >= 15 is 0 Å². The second-order valence-corrected chi connectivity index (χ2v) is 6.41. The van der Waals surface area contributed by atoms with Crippen molar-refractivity contribution in [3.8, 4) is 0 Å². The summed E-state index contributed by atoms with van der Waals surface area (Å²) in [6, 6.07) is 5.91. The second kappa shape index (κ2) is 10.9. The van der Waals surface area contributed by atoms with Crippen LogP contribution in [0.4, 0.5) is 4.79 Å². The Morgan fingerprint density at radius 3 is 2.39 bits per heavy atom. The van der Waals surface area contributed by atoms with Crippen LogP contribution in [-0.2, 0) is 19.1 Å². The fourth-order valence-electron chi connectivity index (χ4n) is 2.83. The molecule has 0 radical (unpaired) electrons. The van der Waals surface area contributed by atoms with Crippen molar-refractivity contribution in [3.05, 3.63) is 41.5 Å². The third kappa shape index (κ3) is 7.22. The average molecular weight is 388 g/mol. The van der Waals surface area contributed by atoms with Crippen molar-refractivity contribution in [2.75, 3.05) is 13.7 Å². The van der Waals surface area contributed by atoms with Gasteiger partial charge >= 0.3 is 18.0 Å². The Hall–Kier alpha value is -3.16. The number of hydrogen-bond acceptors (Lipinski definition) is 6. The van der Waals surface area contributed by atoms with Gasteiger partial charge in [-0.25, -0.2) is 14.4 Å². The van der Waals surface area contributed by atoms with Crippen molar-refractivity contribution >= 4 is 30.0 Å². The molecule has 2 rings (SSSR count). The van der Waals surface area contributed by atoms with Crippen LogP contribution in [0.15, 0.2) is 30.3 Å². The summed E-state index contributed by atoms with van der Waals surface area (Å²) in [6.07, 6.45) is 7.74. The van der Waals surface area contributed by atoms with Crippen molar-refractivity contribution in [1.29, 1.82) is 0 Å². The minimum Gasteiger partial charge on any atom is -0.465 e. The summed E-state index contributed by atoms with van der Waals surface area (Å²) in [5.41, 5.74) is 1.06. The fourth-order valence-corrected chi connectivity index (χ4v) is 2.83. The van der Waals surface area contributed by atoms with E-state index in [9.17, 15) is 19.2 Å². The van der Waals surface area contributed by atoms with Crippen molar-refractivity contribution in [3.63, 3.8) is 0 Å². The zero-order valence-electron chi connectivity index (χ0n) is 15.7. The van der Waals surface area contributed by atoms with Gasteiger partial charge in [-0.3, -0.25) is 10.1 Å². The molecule has 1 saturated carbocycles. The lowest BCUT2D eigenvalue weighted by Crippen LogP contribution is -2.46. The van der Waals surface area contributed by atoms with E-state index in [2.05, 4.69) is 15.4 Å². The summed E-state index contributed by atoms with van der Waals surface area (Å²) in [5.74, 6) is -1.87. The molecule has 1 aromatic rings. The molecule has 8 heteroatoms. The predicted octanol–water partition coefficient (Wildman–Crippen LogP) is 2.19. The number of ether oxygens (including phenoxy) is 2. The maximum atomic E-state index is 11.7. The van der Waals surface area contributed by atoms with Gasteiger partial charge in [0.15, 0.2) is 6.61 Å². The Bertz CT molecular complexity index is 736. The van der Waals surface area contributed by atoms with Gasteiger partial charge in [0.1, 0.15) is 0 Å². The van der Waals surface area contributed by atoms with Crippen molar-refractivity contribution in [1.82, 2.24) is 10.6 Å². The van der Waals surface area contributed by atoms with E-state index in [1.807, 2.05) is 0 Å². The zero-order valence-corrected chi connectivity index (χ0v) is 15.7. The van der Waals surface area contributed by atoms with E-state index < -0.39 is 30.5 Å². The van der Waals surface area contributed by atoms with Gasteiger partial charge in [0.2, 0.25) is 0 Å². The fraction of sp³-hybridized carbons (Fsp3) is 0.400. The average Bonchev–Trinajstić information content (AvgIpc) is 2.71. The van der Waals surface area contributed by atoms with Crippen LogP contribution < -0.4 is 10.6 Å². The number of imide groups is 1. The van der Waals surface area contributed by atoms with Crippen molar-refractivity contribution in [2.24, 2.45) is 0 Å². The Kier molecular flexibility index (Phi) is 8.20. The molecule has 1 aliphatic carbocycles. The van der Waals surface area contributed by atoms with Gasteiger partial charge in [-0.2, -0.15) is 0 Å². The number of amides is 3. The lowest BCUT2D eigenvalue weighted by Gasteiger charge is -2.22. The minimum absolute atomic E-state index is 0.0811. The molecule has 0 unspecified atom stereocenters. The van der Waals surface area contributed by atoms with Crippen molar-refractivity contribution in [2.45, 2.75) is 38.1 Å². The SMILES string of the molecule is COC(=O)c1ccc(/C=C/C(=O)OCC(=O)NC(=O)NC2CCCCC2)cc1. The monoisotopic (exact) mass is 388 g/mol. The number of rotatable bonds is 6. The second-order valence-electron chi connectivity index (χ2n) is 6.41. The number of hydrogen-bond donors (Lipinski definition) is 2. The first-order chi connectivity index (χ1) is 13.5. The van der Waals surface area contributed by atoms with Crippen LogP contribution in [0, 0.1) is 0 Å². The molecule has 0 saturated heterocycles. The van der Waals surface area contributed by atoms with Crippen molar-refractivity contribution < 1.29 is 28.7 Å². The molecule has 0 aromatic heterocycles. The quantitative estimate of drug-likeness (QED) is 0.571. The van der Waals surface area contributed by atoms with Gasteiger partial charge in [0.05, 0.1) is 12.7 Å². The van der Waals surface area contributed by atoms with Crippen LogP contribution in [0.3, 0.4) is 0 Å². The highest BCUT2D eigenvalue weighted by atomic mass is 16.5. The molecule has 28 heavy (non-hydrogen) atoms. The van der Waals surface area contributed by atoms with Gasteiger partial charge < -0.3 is 14.8 Å². The molecule has 2 N–H and O–H groups in total. The Morgan fingerprint density at radius 2 is 1.75 bits per heavy atom. The van der Waals surface area contributed by atoms with E-state index in [4.69, 9.17) is 4.74 Å². The van der Waals surface area contributed by atoms with E-state index in [1.54, 1.807) is 24.3 Å². The normalized spacial score (nSPS) is 14.3. The summed E-state index contributed by atoms with van der Waals surface area (Å²) in [6.45, 7) is -0.553. The summed E-state index contributed by atoms with van der Waals surface area (Å²) in [5, 5.41) is 4.89. The summed E-state index contributed by atoms with van der Waals surface area (Å²) in [7, 11) is 1.29. The van der Waals surface area contributed by atoms with Crippen LogP contribution >= 0.6 is 0 Å². The van der Waals surface area contributed by atoms with Gasteiger partial charge in [-0.05, 0) is 36.6 Å². The molecule has 0 spiro atoms. The number of urea groups is 1. The highest BCUT2D eigenvalue weighted by molar-refractivity contribution is 5.96. The zero-order chi connectivity index (χ0) is 20.4. The molecular weight excluding hydrogens is 364 g/mol. The summed E-state index contributed by atoms with van der Waals surface area (Å²) in [4.78, 5) is 46.5. The van der Waals surface area contributed by atoms with Crippen LogP contribution in [0.1, 0.15) is 48.0 Å². The number of carbonyl (C=O) groups excluding carboxylic acids is 4. The molecule has 8 nitrogen and oxygen atoms in total.